The van der Waals surface area contributed by atoms with Gasteiger partial charge in [0, 0.05) is 12.5 Å². The van der Waals surface area contributed by atoms with E-state index in [0.717, 1.165) is 31.7 Å². The number of carbonyl (C=O) groups is 1. The molecule has 0 aromatic carbocycles. The van der Waals surface area contributed by atoms with E-state index in [9.17, 15) is 4.79 Å². The molecule has 2 rings (SSSR count). The number of likely N-dealkylation sites (tertiary alicyclic amines) is 1. The lowest BCUT2D eigenvalue weighted by atomic mass is 10.1. The number of aldehydes is 1. The summed E-state index contributed by atoms with van der Waals surface area (Å²) in [4.78, 5) is 16.7. The number of likely N-dealkylation sites (N-methyl/N-ethyl adjacent to an activating group) is 1. The quantitative estimate of drug-likeness (QED) is 0.669. The van der Waals surface area contributed by atoms with Crippen LogP contribution in [0.3, 0.4) is 0 Å². The molecule has 0 amide bonds. The standard InChI is InChI=1S/C10H14N2O2/c1-12-4-2-8(7-12)10-11-6-9(14-10)3-5-13/h5-6,8H,2-4,7H2,1H3. The van der Waals surface area contributed by atoms with Gasteiger partial charge in [0.05, 0.1) is 12.6 Å². The maximum absolute atomic E-state index is 10.3. The molecule has 2 heterocycles. The molecule has 1 aromatic rings. The van der Waals surface area contributed by atoms with Crippen LogP contribution in [0.5, 0.6) is 0 Å². The molecule has 1 aromatic heterocycles. The number of hydrogen-bond acceptors (Lipinski definition) is 4. The molecule has 1 unspecified atom stereocenters. The Kier molecular flexibility index (Phi) is 2.63. The lowest BCUT2D eigenvalue weighted by molar-refractivity contribution is -0.107. The molecule has 0 saturated carbocycles. The van der Waals surface area contributed by atoms with Crippen molar-refractivity contribution in [2.24, 2.45) is 0 Å². The molecule has 0 N–H and O–H groups in total. The van der Waals surface area contributed by atoms with E-state index in [4.69, 9.17) is 4.42 Å². The topological polar surface area (TPSA) is 46.3 Å². The molecule has 0 aliphatic carbocycles. The number of oxazole rings is 1. The van der Waals surface area contributed by atoms with Gasteiger partial charge in [-0.05, 0) is 20.0 Å². The van der Waals surface area contributed by atoms with Crippen molar-refractivity contribution >= 4 is 6.29 Å². The fourth-order valence-corrected chi connectivity index (χ4v) is 1.82. The summed E-state index contributed by atoms with van der Waals surface area (Å²) in [5.41, 5.74) is 0. The highest BCUT2D eigenvalue weighted by Gasteiger charge is 2.24. The Bertz CT molecular complexity index is 322. The monoisotopic (exact) mass is 194 g/mol. The van der Waals surface area contributed by atoms with Crippen molar-refractivity contribution in [3.05, 3.63) is 17.8 Å². The molecule has 1 fully saturated rings. The third kappa shape index (κ3) is 1.85. The zero-order valence-electron chi connectivity index (χ0n) is 8.27. The van der Waals surface area contributed by atoms with Crippen molar-refractivity contribution in [1.82, 2.24) is 9.88 Å². The highest BCUT2D eigenvalue weighted by molar-refractivity contribution is 5.52. The summed E-state index contributed by atoms with van der Waals surface area (Å²) in [7, 11) is 2.09. The van der Waals surface area contributed by atoms with Gasteiger partial charge in [0.2, 0.25) is 0 Å². The van der Waals surface area contributed by atoms with Gasteiger partial charge in [-0.25, -0.2) is 4.98 Å². The first-order valence-electron chi connectivity index (χ1n) is 4.86. The number of aromatic nitrogens is 1. The van der Waals surface area contributed by atoms with Crippen molar-refractivity contribution in [2.75, 3.05) is 20.1 Å². The van der Waals surface area contributed by atoms with Gasteiger partial charge in [0.1, 0.15) is 12.0 Å². The fraction of sp³-hybridized carbons (Fsp3) is 0.600. The van der Waals surface area contributed by atoms with Crippen molar-refractivity contribution in [3.8, 4) is 0 Å². The van der Waals surface area contributed by atoms with E-state index in [1.807, 2.05) is 0 Å². The average molecular weight is 194 g/mol. The number of hydrogen-bond donors (Lipinski definition) is 0. The fourth-order valence-electron chi connectivity index (χ4n) is 1.82. The van der Waals surface area contributed by atoms with Crippen LogP contribution in [0.2, 0.25) is 0 Å². The third-order valence-corrected chi connectivity index (χ3v) is 2.60. The first kappa shape index (κ1) is 9.40. The Morgan fingerprint density at radius 2 is 2.64 bits per heavy atom. The zero-order chi connectivity index (χ0) is 9.97. The van der Waals surface area contributed by atoms with E-state index < -0.39 is 0 Å². The lowest BCUT2D eigenvalue weighted by Gasteiger charge is -2.05. The van der Waals surface area contributed by atoms with Crippen LogP contribution < -0.4 is 0 Å². The largest absolute Gasteiger partial charge is 0.445 e. The van der Waals surface area contributed by atoms with Gasteiger partial charge in [-0.2, -0.15) is 0 Å². The van der Waals surface area contributed by atoms with Crippen LogP contribution in [0.15, 0.2) is 10.6 Å². The molecule has 1 atom stereocenters. The molecule has 1 aliphatic rings. The molecule has 14 heavy (non-hydrogen) atoms. The molecule has 0 bridgehead atoms. The van der Waals surface area contributed by atoms with Crippen LogP contribution in [0.1, 0.15) is 24.0 Å². The Hall–Kier alpha value is -1.16. The average Bonchev–Trinajstić information content (AvgIpc) is 2.74. The van der Waals surface area contributed by atoms with Gasteiger partial charge in [0.25, 0.3) is 0 Å². The van der Waals surface area contributed by atoms with Crippen LogP contribution in [0.4, 0.5) is 0 Å². The summed E-state index contributed by atoms with van der Waals surface area (Å²) in [5.74, 6) is 1.86. The Labute approximate surface area is 82.9 Å². The number of rotatable bonds is 3. The van der Waals surface area contributed by atoms with E-state index in [0.29, 0.717) is 18.1 Å². The van der Waals surface area contributed by atoms with Crippen molar-refractivity contribution in [1.29, 1.82) is 0 Å². The highest BCUT2D eigenvalue weighted by Crippen LogP contribution is 2.25. The highest BCUT2D eigenvalue weighted by atomic mass is 16.4. The summed E-state index contributed by atoms with van der Waals surface area (Å²) in [6.45, 7) is 2.09. The summed E-state index contributed by atoms with van der Waals surface area (Å²) in [6.07, 6.45) is 3.92. The number of carbonyl (C=O) groups excluding carboxylic acids is 1. The summed E-state index contributed by atoms with van der Waals surface area (Å²) in [5, 5.41) is 0. The van der Waals surface area contributed by atoms with Crippen LogP contribution in [-0.4, -0.2) is 36.3 Å². The molecule has 0 spiro atoms. The van der Waals surface area contributed by atoms with E-state index in [1.54, 1.807) is 6.20 Å². The maximum atomic E-state index is 10.3. The molecule has 4 heteroatoms. The first-order chi connectivity index (χ1) is 6.79. The minimum absolute atomic E-state index is 0.329. The van der Waals surface area contributed by atoms with Crippen molar-refractivity contribution in [3.63, 3.8) is 0 Å². The van der Waals surface area contributed by atoms with Crippen LogP contribution in [0.25, 0.3) is 0 Å². The molecule has 76 valence electrons. The predicted molar refractivity (Wildman–Crippen MR) is 51.1 cm³/mol. The molecular formula is C10H14N2O2. The second-order valence-electron chi connectivity index (χ2n) is 3.78. The minimum atomic E-state index is 0.329. The van der Waals surface area contributed by atoms with Crippen LogP contribution >= 0.6 is 0 Å². The van der Waals surface area contributed by atoms with Gasteiger partial charge in [-0.3, -0.25) is 0 Å². The van der Waals surface area contributed by atoms with Crippen molar-refractivity contribution < 1.29 is 9.21 Å². The Morgan fingerprint density at radius 3 is 3.29 bits per heavy atom. The van der Waals surface area contributed by atoms with Gasteiger partial charge >= 0.3 is 0 Å². The van der Waals surface area contributed by atoms with Crippen LogP contribution in [-0.2, 0) is 11.2 Å². The van der Waals surface area contributed by atoms with Gasteiger partial charge in [-0.1, -0.05) is 0 Å². The Balaban J connectivity index is 2.05. The Morgan fingerprint density at radius 1 is 1.79 bits per heavy atom. The van der Waals surface area contributed by atoms with Gasteiger partial charge < -0.3 is 14.1 Å². The second-order valence-corrected chi connectivity index (χ2v) is 3.78. The summed E-state index contributed by atoms with van der Waals surface area (Å²) < 4.78 is 5.49. The van der Waals surface area contributed by atoms with Crippen molar-refractivity contribution in [2.45, 2.75) is 18.8 Å². The normalized spacial score (nSPS) is 22.8. The number of nitrogens with zero attached hydrogens (tertiary/aromatic N) is 2. The van der Waals surface area contributed by atoms with E-state index in [-0.39, 0.29) is 0 Å². The molecule has 0 radical (unpaired) electrons. The third-order valence-electron chi connectivity index (χ3n) is 2.60. The maximum Gasteiger partial charge on any atom is 0.198 e. The van der Waals surface area contributed by atoms with E-state index in [2.05, 4.69) is 16.9 Å². The minimum Gasteiger partial charge on any atom is -0.445 e. The van der Waals surface area contributed by atoms with Gasteiger partial charge in [-0.15, -0.1) is 0 Å². The molecule has 1 aliphatic heterocycles. The zero-order valence-corrected chi connectivity index (χ0v) is 8.27. The SMILES string of the molecule is CN1CCC(c2ncc(CC=O)o2)C1. The lowest BCUT2D eigenvalue weighted by Crippen LogP contribution is -2.13. The molecule has 4 nitrogen and oxygen atoms in total. The van der Waals surface area contributed by atoms with Gasteiger partial charge in [0.15, 0.2) is 5.89 Å². The first-order valence-corrected chi connectivity index (χ1v) is 4.86. The van der Waals surface area contributed by atoms with E-state index in [1.165, 1.54) is 0 Å². The smallest absolute Gasteiger partial charge is 0.198 e. The summed E-state index contributed by atoms with van der Waals surface area (Å²) in [6, 6.07) is 0. The predicted octanol–water partition coefficient (Wildman–Crippen LogP) is 0.835. The second kappa shape index (κ2) is 3.92. The van der Waals surface area contributed by atoms with E-state index >= 15 is 0 Å². The molecule has 1 saturated heterocycles. The molecular weight excluding hydrogens is 180 g/mol. The summed E-state index contributed by atoms with van der Waals surface area (Å²) >= 11 is 0. The van der Waals surface area contributed by atoms with Crippen LogP contribution in [0, 0.1) is 0 Å².